The summed E-state index contributed by atoms with van der Waals surface area (Å²) in [4.78, 5) is 0. The van der Waals surface area contributed by atoms with Crippen molar-refractivity contribution >= 4 is 0 Å². The topological polar surface area (TPSA) is 41.5 Å². The van der Waals surface area contributed by atoms with Gasteiger partial charge in [0, 0.05) is 25.8 Å². The summed E-state index contributed by atoms with van der Waals surface area (Å²) >= 11 is 0. The minimum Gasteiger partial charge on any atom is -0.396 e. The third-order valence-electron chi connectivity index (χ3n) is 2.75. The minimum absolute atomic E-state index is 0.326. The maximum atomic E-state index is 9.07. The molecule has 0 radical (unpaired) electrons. The number of aliphatic hydroxyl groups is 1. The summed E-state index contributed by atoms with van der Waals surface area (Å²) in [5.74, 6) is 0.474. The lowest BCUT2D eigenvalue weighted by molar-refractivity contribution is 0.140. The molecule has 1 aliphatic carbocycles. The molecule has 1 rings (SSSR count). The smallest absolute Gasteiger partial charge is 0.0590 e. The van der Waals surface area contributed by atoms with E-state index in [-0.39, 0.29) is 0 Å². The molecule has 2 N–H and O–H groups in total. The zero-order valence-corrected chi connectivity index (χ0v) is 8.46. The van der Waals surface area contributed by atoms with Gasteiger partial charge in [-0.25, -0.2) is 0 Å². The van der Waals surface area contributed by atoms with Gasteiger partial charge in [0.1, 0.15) is 0 Å². The highest BCUT2D eigenvalue weighted by molar-refractivity contribution is 4.82. The SMILES string of the molecule is CCOCCNC1CCCC1CO. The molecule has 1 aliphatic rings. The molecule has 1 fully saturated rings. The third kappa shape index (κ3) is 3.63. The van der Waals surface area contributed by atoms with Crippen LogP contribution in [-0.2, 0) is 4.74 Å². The summed E-state index contributed by atoms with van der Waals surface area (Å²) in [6, 6.07) is 0.519. The van der Waals surface area contributed by atoms with Crippen LogP contribution in [-0.4, -0.2) is 37.5 Å². The van der Waals surface area contributed by atoms with Crippen LogP contribution >= 0.6 is 0 Å². The normalized spacial score (nSPS) is 28.2. The maximum Gasteiger partial charge on any atom is 0.0590 e. The summed E-state index contributed by atoms with van der Waals surface area (Å²) in [5, 5.41) is 12.5. The van der Waals surface area contributed by atoms with Crippen LogP contribution in [0.1, 0.15) is 26.2 Å². The largest absolute Gasteiger partial charge is 0.396 e. The van der Waals surface area contributed by atoms with Crippen LogP contribution in [0.15, 0.2) is 0 Å². The lowest BCUT2D eigenvalue weighted by Gasteiger charge is -2.18. The summed E-state index contributed by atoms with van der Waals surface area (Å²) < 4.78 is 5.24. The van der Waals surface area contributed by atoms with E-state index in [4.69, 9.17) is 9.84 Å². The zero-order valence-electron chi connectivity index (χ0n) is 8.46. The number of nitrogens with one attached hydrogen (secondary N) is 1. The Bertz CT molecular complexity index is 130. The van der Waals surface area contributed by atoms with Gasteiger partial charge in [-0.2, -0.15) is 0 Å². The van der Waals surface area contributed by atoms with Gasteiger partial charge in [0.25, 0.3) is 0 Å². The predicted molar refractivity (Wildman–Crippen MR) is 52.7 cm³/mol. The summed E-state index contributed by atoms with van der Waals surface area (Å²) in [6.45, 7) is 4.81. The van der Waals surface area contributed by atoms with Gasteiger partial charge in [-0.3, -0.25) is 0 Å². The molecule has 78 valence electrons. The molecule has 0 aliphatic heterocycles. The number of hydrogen-bond donors (Lipinski definition) is 2. The molecule has 13 heavy (non-hydrogen) atoms. The summed E-state index contributed by atoms with van der Waals surface area (Å²) in [7, 11) is 0. The monoisotopic (exact) mass is 187 g/mol. The van der Waals surface area contributed by atoms with Gasteiger partial charge < -0.3 is 15.2 Å². The van der Waals surface area contributed by atoms with Gasteiger partial charge in [-0.1, -0.05) is 6.42 Å². The van der Waals surface area contributed by atoms with Crippen molar-refractivity contribution in [2.45, 2.75) is 32.2 Å². The van der Waals surface area contributed by atoms with Crippen molar-refractivity contribution in [1.82, 2.24) is 5.32 Å². The van der Waals surface area contributed by atoms with Crippen molar-refractivity contribution in [3.63, 3.8) is 0 Å². The maximum absolute atomic E-state index is 9.07. The first-order valence-corrected chi connectivity index (χ1v) is 5.30. The standard InChI is InChI=1S/C10H21NO2/c1-2-13-7-6-11-10-5-3-4-9(10)8-12/h9-12H,2-8H2,1H3. The van der Waals surface area contributed by atoms with E-state index in [1.807, 2.05) is 6.92 Å². The highest BCUT2D eigenvalue weighted by atomic mass is 16.5. The number of aliphatic hydroxyl groups excluding tert-OH is 1. The quantitative estimate of drug-likeness (QED) is 0.604. The van der Waals surface area contributed by atoms with Crippen LogP contribution in [0.25, 0.3) is 0 Å². The Labute approximate surface area is 80.5 Å². The zero-order chi connectivity index (χ0) is 9.52. The van der Waals surface area contributed by atoms with E-state index in [1.165, 1.54) is 19.3 Å². The molecular weight excluding hydrogens is 166 g/mol. The molecular formula is C10H21NO2. The molecule has 0 amide bonds. The average Bonchev–Trinajstić information content (AvgIpc) is 2.60. The lowest BCUT2D eigenvalue weighted by Crippen LogP contribution is -2.36. The molecule has 0 aromatic rings. The Morgan fingerprint density at radius 3 is 3.00 bits per heavy atom. The fraction of sp³-hybridized carbons (Fsp3) is 1.00. The van der Waals surface area contributed by atoms with E-state index in [1.54, 1.807) is 0 Å². The molecule has 0 aromatic carbocycles. The van der Waals surface area contributed by atoms with E-state index < -0.39 is 0 Å². The molecule has 0 saturated heterocycles. The van der Waals surface area contributed by atoms with Crippen LogP contribution in [0.4, 0.5) is 0 Å². The van der Waals surface area contributed by atoms with Crippen molar-refractivity contribution in [3.05, 3.63) is 0 Å². The lowest BCUT2D eigenvalue weighted by atomic mass is 10.1. The van der Waals surface area contributed by atoms with Gasteiger partial charge in [0.2, 0.25) is 0 Å². The van der Waals surface area contributed by atoms with Crippen LogP contribution in [0.2, 0.25) is 0 Å². The fourth-order valence-corrected chi connectivity index (χ4v) is 1.98. The molecule has 0 bridgehead atoms. The van der Waals surface area contributed by atoms with Crippen LogP contribution in [0.5, 0.6) is 0 Å². The number of ether oxygens (including phenoxy) is 1. The number of rotatable bonds is 6. The first-order valence-electron chi connectivity index (χ1n) is 5.30. The molecule has 2 unspecified atom stereocenters. The van der Waals surface area contributed by atoms with Crippen molar-refractivity contribution in [2.75, 3.05) is 26.4 Å². The van der Waals surface area contributed by atoms with E-state index in [9.17, 15) is 0 Å². The van der Waals surface area contributed by atoms with Gasteiger partial charge in [0.15, 0.2) is 0 Å². The van der Waals surface area contributed by atoms with Crippen LogP contribution in [0.3, 0.4) is 0 Å². The molecule has 3 heteroatoms. The number of hydrogen-bond acceptors (Lipinski definition) is 3. The second-order valence-corrected chi connectivity index (χ2v) is 3.63. The molecule has 0 heterocycles. The molecule has 0 spiro atoms. The van der Waals surface area contributed by atoms with Gasteiger partial charge in [0.05, 0.1) is 6.61 Å². The first kappa shape index (κ1) is 11.0. The molecule has 0 aromatic heterocycles. The van der Waals surface area contributed by atoms with Crippen molar-refractivity contribution < 1.29 is 9.84 Å². The molecule has 1 saturated carbocycles. The van der Waals surface area contributed by atoms with Crippen LogP contribution in [0, 0.1) is 5.92 Å². The van der Waals surface area contributed by atoms with Crippen molar-refractivity contribution in [1.29, 1.82) is 0 Å². The molecule has 3 nitrogen and oxygen atoms in total. The first-order chi connectivity index (χ1) is 6.38. The van der Waals surface area contributed by atoms with E-state index >= 15 is 0 Å². The second-order valence-electron chi connectivity index (χ2n) is 3.63. The Kier molecular flexibility index (Phi) is 5.35. The third-order valence-corrected chi connectivity index (χ3v) is 2.75. The average molecular weight is 187 g/mol. The van der Waals surface area contributed by atoms with E-state index in [0.717, 1.165) is 19.8 Å². The highest BCUT2D eigenvalue weighted by Crippen LogP contribution is 2.24. The Morgan fingerprint density at radius 1 is 1.46 bits per heavy atom. The van der Waals surface area contributed by atoms with Gasteiger partial charge >= 0.3 is 0 Å². The van der Waals surface area contributed by atoms with E-state index in [2.05, 4.69) is 5.32 Å². The van der Waals surface area contributed by atoms with Crippen LogP contribution < -0.4 is 5.32 Å². The fourth-order valence-electron chi connectivity index (χ4n) is 1.98. The minimum atomic E-state index is 0.326. The predicted octanol–water partition coefficient (Wildman–Crippen LogP) is 0.773. The second kappa shape index (κ2) is 6.35. The van der Waals surface area contributed by atoms with Gasteiger partial charge in [-0.15, -0.1) is 0 Å². The van der Waals surface area contributed by atoms with E-state index in [0.29, 0.717) is 18.6 Å². The highest BCUT2D eigenvalue weighted by Gasteiger charge is 2.25. The Hall–Kier alpha value is -0.120. The Morgan fingerprint density at radius 2 is 2.31 bits per heavy atom. The van der Waals surface area contributed by atoms with Crippen molar-refractivity contribution in [3.8, 4) is 0 Å². The summed E-state index contributed by atoms with van der Waals surface area (Å²) in [5.41, 5.74) is 0. The summed E-state index contributed by atoms with van der Waals surface area (Å²) in [6.07, 6.45) is 3.62. The Balaban J connectivity index is 2.06. The molecule has 2 atom stereocenters. The van der Waals surface area contributed by atoms with Crippen molar-refractivity contribution in [2.24, 2.45) is 5.92 Å². The van der Waals surface area contributed by atoms with Gasteiger partial charge in [-0.05, 0) is 25.7 Å².